The maximum atomic E-state index is 13.1. The lowest BCUT2D eigenvalue weighted by molar-refractivity contribution is -0.136. The molecule has 2 fully saturated rings. The molecule has 17 nitrogen and oxygen atoms in total. The van der Waals surface area contributed by atoms with Crippen molar-refractivity contribution in [1.82, 2.24) is 25.4 Å². The van der Waals surface area contributed by atoms with Crippen molar-refractivity contribution in [2.45, 2.75) is 62.3 Å². The van der Waals surface area contributed by atoms with E-state index in [1.54, 1.807) is 48.5 Å². The smallest absolute Gasteiger partial charge is 0.262 e. The Bertz CT molecular complexity index is 2570. The monoisotopic (exact) mass is 890 g/mol. The average Bonchev–Trinajstić information content (AvgIpc) is 3.52. The van der Waals surface area contributed by atoms with E-state index < -0.39 is 39.5 Å². The topological polar surface area (TPSA) is 229 Å². The van der Waals surface area contributed by atoms with Crippen LogP contribution in [0.25, 0.3) is 11.3 Å². The van der Waals surface area contributed by atoms with Gasteiger partial charge in [0.15, 0.2) is 9.84 Å². The fourth-order valence-electron chi connectivity index (χ4n) is 8.03. The number of piperidine rings is 1. The van der Waals surface area contributed by atoms with Gasteiger partial charge in [0, 0.05) is 74.7 Å². The van der Waals surface area contributed by atoms with Crippen molar-refractivity contribution >= 4 is 62.4 Å². The van der Waals surface area contributed by atoms with Crippen LogP contribution in [0.15, 0.2) is 94.8 Å². The molecule has 0 saturated carbocycles. The van der Waals surface area contributed by atoms with E-state index in [0.717, 1.165) is 97.9 Å². The van der Waals surface area contributed by atoms with E-state index in [0.29, 0.717) is 25.1 Å². The van der Waals surface area contributed by atoms with Gasteiger partial charge < -0.3 is 25.8 Å². The van der Waals surface area contributed by atoms with Crippen LogP contribution in [0.2, 0.25) is 0 Å². The molecule has 1 atom stereocenters. The zero-order valence-corrected chi connectivity index (χ0v) is 36.6. The first-order chi connectivity index (χ1) is 30.8. The van der Waals surface area contributed by atoms with Gasteiger partial charge >= 0.3 is 0 Å². The summed E-state index contributed by atoms with van der Waals surface area (Å²) >= 11 is 0. The molecule has 3 aliphatic rings. The molecule has 3 aromatic carbocycles. The number of benzene rings is 3. The number of hydrogen-bond acceptors (Lipinski definition) is 11. The number of fused-ring (bicyclic) bond motifs is 1. The summed E-state index contributed by atoms with van der Waals surface area (Å²) in [6.07, 6.45) is 7.44. The Balaban J connectivity index is 0.730. The fourth-order valence-corrected chi connectivity index (χ4v) is 8.67. The molecule has 18 heteroatoms. The number of aromatic amines is 1. The number of H-pyrrole nitrogens is 1. The van der Waals surface area contributed by atoms with Crippen LogP contribution in [0.5, 0.6) is 0 Å². The number of aromatic nitrogens is 1. The van der Waals surface area contributed by atoms with Gasteiger partial charge in [-0.2, -0.15) is 4.99 Å². The van der Waals surface area contributed by atoms with E-state index in [-0.39, 0.29) is 40.7 Å². The number of carbonyl (C=O) groups excluding carboxylic acids is 5. The Kier molecular flexibility index (Phi) is 14.7. The number of anilines is 3. The van der Waals surface area contributed by atoms with Crippen LogP contribution in [-0.4, -0.2) is 117 Å². The summed E-state index contributed by atoms with van der Waals surface area (Å²) in [5.74, 6) is -2.06. The van der Waals surface area contributed by atoms with Gasteiger partial charge in [0.2, 0.25) is 23.7 Å². The van der Waals surface area contributed by atoms with Gasteiger partial charge in [-0.25, -0.2) is 8.42 Å². The summed E-state index contributed by atoms with van der Waals surface area (Å²) in [6.45, 7) is 4.88. The lowest BCUT2D eigenvalue weighted by Gasteiger charge is -2.35. The predicted molar refractivity (Wildman–Crippen MR) is 244 cm³/mol. The lowest BCUT2D eigenvalue weighted by Crippen LogP contribution is -2.54. The van der Waals surface area contributed by atoms with E-state index in [4.69, 9.17) is 5.41 Å². The molecular weight excluding hydrogens is 837 g/mol. The van der Waals surface area contributed by atoms with Gasteiger partial charge in [0.25, 0.3) is 11.8 Å². The highest BCUT2D eigenvalue weighted by Crippen LogP contribution is 2.30. The van der Waals surface area contributed by atoms with E-state index in [2.05, 4.69) is 41.0 Å². The minimum Gasteiger partial charge on any atom is -0.385 e. The molecule has 0 aliphatic carbocycles. The van der Waals surface area contributed by atoms with Crippen molar-refractivity contribution in [2.75, 3.05) is 67.6 Å². The molecule has 2 saturated heterocycles. The Morgan fingerprint density at radius 3 is 2.17 bits per heavy atom. The van der Waals surface area contributed by atoms with Crippen LogP contribution in [-0.2, 0) is 24.2 Å². The second-order valence-corrected chi connectivity index (χ2v) is 18.3. The summed E-state index contributed by atoms with van der Waals surface area (Å²) in [4.78, 5) is 75.7. The molecule has 64 heavy (non-hydrogen) atoms. The lowest BCUT2D eigenvalue weighted by atomic mass is 10.0. The van der Waals surface area contributed by atoms with Crippen molar-refractivity contribution in [3.63, 3.8) is 0 Å². The van der Waals surface area contributed by atoms with E-state index in [1.807, 2.05) is 36.4 Å². The molecule has 0 spiro atoms. The number of sulfone groups is 1. The number of piperazine rings is 1. The molecule has 4 aromatic rings. The fraction of sp³-hybridized carbons (Fsp3) is 0.370. The van der Waals surface area contributed by atoms with Crippen molar-refractivity contribution in [2.24, 2.45) is 4.99 Å². The largest absolute Gasteiger partial charge is 0.385 e. The molecule has 1 aromatic heterocycles. The first-order valence-corrected chi connectivity index (χ1v) is 23.6. The van der Waals surface area contributed by atoms with Crippen LogP contribution in [0, 0.1) is 5.41 Å². The average molecular weight is 891 g/mol. The molecule has 0 bridgehead atoms. The Morgan fingerprint density at radius 1 is 0.797 bits per heavy atom. The maximum Gasteiger partial charge on any atom is 0.262 e. The van der Waals surface area contributed by atoms with Crippen molar-refractivity contribution in [3.05, 3.63) is 102 Å². The number of guanidine groups is 1. The summed E-state index contributed by atoms with van der Waals surface area (Å²) in [6, 6.07) is 23.9. The number of unbranched alkanes of at least 4 members (excludes halogenated alkanes) is 5. The van der Waals surface area contributed by atoms with E-state index >= 15 is 0 Å². The summed E-state index contributed by atoms with van der Waals surface area (Å²) < 4.78 is 23.6. The number of imide groups is 2. The summed E-state index contributed by atoms with van der Waals surface area (Å²) in [7, 11) is -3.29. The van der Waals surface area contributed by atoms with Crippen LogP contribution in [0.3, 0.4) is 0 Å². The van der Waals surface area contributed by atoms with Crippen LogP contribution >= 0.6 is 0 Å². The number of hydrogen-bond donors (Lipinski definition) is 6. The van der Waals surface area contributed by atoms with Crippen LogP contribution < -0.4 is 31.7 Å². The number of rotatable bonds is 17. The summed E-state index contributed by atoms with van der Waals surface area (Å²) in [5, 5.41) is 20.0. The van der Waals surface area contributed by atoms with Crippen molar-refractivity contribution in [3.8, 4) is 11.3 Å². The van der Waals surface area contributed by atoms with E-state index in [1.165, 1.54) is 6.26 Å². The number of nitrogens with zero attached hydrogens (tertiary/aromatic N) is 4. The molecule has 0 radical (unpaired) electrons. The first-order valence-electron chi connectivity index (χ1n) is 21.7. The predicted octanol–water partition coefficient (Wildman–Crippen LogP) is 4.12. The number of carbonyl (C=O) groups is 5. The molecular formula is C46H54N10O7S. The zero-order valence-electron chi connectivity index (χ0n) is 35.8. The molecule has 5 amide bonds. The maximum absolute atomic E-state index is 13.1. The number of nitrogens with one attached hydrogen (secondary N) is 6. The SMILES string of the molecule is CS(=O)(=O)c1ccc(-c2ccc/c(=N/C(=N)Nc3ccc(N4CCN(CC(=O)NCCCCCCCCNc5ccc6c(c5)C(=O)N(C5CCC(=O)NC5=O)C6=O)CC4)cc3)[nH]2)cc1. The second kappa shape index (κ2) is 20.7. The summed E-state index contributed by atoms with van der Waals surface area (Å²) in [5.41, 5.74) is 5.05. The van der Waals surface area contributed by atoms with E-state index in [9.17, 15) is 32.4 Å². The first kappa shape index (κ1) is 45.4. The van der Waals surface area contributed by atoms with Gasteiger partial charge in [0.05, 0.1) is 22.6 Å². The molecule has 7 rings (SSSR count). The number of amides is 5. The second-order valence-electron chi connectivity index (χ2n) is 16.2. The third-order valence-corrected chi connectivity index (χ3v) is 12.7. The van der Waals surface area contributed by atoms with Crippen molar-refractivity contribution in [1.29, 1.82) is 5.41 Å². The third kappa shape index (κ3) is 11.7. The minimum absolute atomic E-state index is 0.0386. The zero-order chi connectivity index (χ0) is 45.2. The van der Waals surface area contributed by atoms with Crippen LogP contribution in [0.4, 0.5) is 17.1 Å². The Labute approximate surface area is 372 Å². The Hall–Kier alpha value is -6.66. The highest BCUT2D eigenvalue weighted by atomic mass is 32.2. The van der Waals surface area contributed by atoms with Gasteiger partial charge in [-0.1, -0.05) is 43.9 Å². The molecule has 336 valence electrons. The minimum atomic E-state index is -3.29. The highest BCUT2D eigenvalue weighted by Gasteiger charge is 2.44. The number of pyridine rings is 1. The molecule has 4 heterocycles. The van der Waals surface area contributed by atoms with Gasteiger partial charge in [-0.3, -0.25) is 44.5 Å². The van der Waals surface area contributed by atoms with Crippen LogP contribution in [0.1, 0.15) is 72.1 Å². The molecule has 6 N–H and O–H groups in total. The molecule has 1 unspecified atom stereocenters. The standard InChI is InChI=1S/C46H54N10O7S/c1-64(62,63)35-18-11-31(12-19-35)38-9-8-10-40(51-38)52-46(47)50-32-13-16-34(17-14-32)55-27-25-54(26-28-55)30-42(58)49-24-7-5-3-2-4-6-23-48-33-15-20-36-37(29-33)45(61)56(44(36)60)39-21-22-41(57)53-43(39)59/h8-20,29,39,48H,2-7,21-28,30H2,1H3,(H,49,58)(H,53,57,59)(H3,47,50,51,52). The van der Waals surface area contributed by atoms with Crippen molar-refractivity contribution < 1.29 is 32.4 Å². The third-order valence-electron chi connectivity index (χ3n) is 11.5. The van der Waals surface area contributed by atoms with Gasteiger partial charge in [-0.05, 0) is 91.6 Å². The normalized spacial score (nSPS) is 17.0. The Morgan fingerprint density at radius 2 is 1.47 bits per heavy atom. The quantitative estimate of drug-likeness (QED) is 0.0382. The van der Waals surface area contributed by atoms with Gasteiger partial charge in [-0.15, -0.1) is 0 Å². The molecule has 3 aliphatic heterocycles. The highest BCUT2D eigenvalue weighted by molar-refractivity contribution is 7.90. The van der Waals surface area contributed by atoms with Gasteiger partial charge in [0.1, 0.15) is 11.5 Å².